The lowest BCUT2D eigenvalue weighted by Crippen LogP contribution is -2.04. The predicted octanol–water partition coefficient (Wildman–Crippen LogP) is 4.96. The molecule has 5 heteroatoms. The smallest absolute Gasteiger partial charge is 0.165 e. The van der Waals surface area contributed by atoms with Gasteiger partial charge in [0.25, 0.3) is 0 Å². The lowest BCUT2D eigenvalue weighted by atomic mass is 10.1. The molecule has 0 spiro atoms. The summed E-state index contributed by atoms with van der Waals surface area (Å²) in [6, 6.07) is 11.8. The summed E-state index contributed by atoms with van der Waals surface area (Å²) in [4.78, 5) is 0. The first-order valence-electron chi connectivity index (χ1n) is 6.63. The molecule has 0 amide bonds. The Morgan fingerprint density at radius 1 is 1.24 bits per heavy atom. The molecule has 0 saturated carbocycles. The molecule has 0 aliphatic heterocycles. The van der Waals surface area contributed by atoms with Crippen molar-refractivity contribution in [3.05, 3.63) is 50.6 Å². The van der Waals surface area contributed by atoms with Gasteiger partial charge in [-0.25, -0.2) is 0 Å². The molecule has 0 bridgehead atoms. The highest BCUT2D eigenvalue weighted by atomic mass is 127. The zero-order chi connectivity index (χ0) is 15.2. The van der Waals surface area contributed by atoms with Crippen molar-refractivity contribution in [2.75, 3.05) is 19.0 Å². The van der Waals surface area contributed by atoms with Gasteiger partial charge in [-0.1, -0.05) is 23.7 Å². The number of hydrogen-bond acceptors (Lipinski definition) is 3. The molecule has 1 N–H and O–H groups in total. The van der Waals surface area contributed by atoms with Crippen LogP contribution in [0, 0.1) is 3.57 Å². The van der Waals surface area contributed by atoms with Crippen molar-refractivity contribution in [1.29, 1.82) is 0 Å². The van der Waals surface area contributed by atoms with Crippen molar-refractivity contribution in [1.82, 2.24) is 0 Å². The number of ether oxygens (including phenoxy) is 2. The Morgan fingerprint density at radius 3 is 2.71 bits per heavy atom. The molecule has 0 saturated heterocycles. The van der Waals surface area contributed by atoms with E-state index in [1.165, 1.54) is 0 Å². The molecule has 2 aromatic rings. The predicted molar refractivity (Wildman–Crippen MR) is 95.7 cm³/mol. The number of benzene rings is 2. The third kappa shape index (κ3) is 4.17. The van der Waals surface area contributed by atoms with Crippen molar-refractivity contribution in [2.24, 2.45) is 0 Å². The second-order valence-electron chi connectivity index (χ2n) is 4.36. The lowest BCUT2D eigenvalue weighted by molar-refractivity contribution is 0.309. The number of para-hydroxylation sites is 1. The molecule has 2 aromatic carbocycles. The highest BCUT2D eigenvalue weighted by Crippen LogP contribution is 2.32. The summed E-state index contributed by atoms with van der Waals surface area (Å²) in [5.74, 6) is 1.52. The fourth-order valence-corrected chi connectivity index (χ4v) is 2.95. The largest absolute Gasteiger partial charge is 0.493 e. The lowest BCUT2D eigenvalue weighted by Gasteiger charge is -2.15. The third-order valence-corrected chi connectivity index (χ3v) is 3.95. The number of nitrogens with one attached hydrogen (secondary N) is 1. The van der Waals surface area contributed by atoms with E-state index in [-0.39, 0.29) is 0 Å². The van der Waals surface area contributed by atoms with Crippen molar-refractivity contribution in [3.63, 3.8) is 0 Å². The van der Waals surface area contributed by atoms with Gasteiger partial charge in [0.05, 0.1) is 24.4 Å². The maximum atomic E-state index is 6.23. The molecule has 112 valence electrons. The summed E-state index contributed by atoms with van der Waals surface area (Å²) < 4.78 is 12.2. The van der Waals surface area contributed by atoms with E-state index in [4.69, 9.17) is 21.1 Å². The maximum absolute atomic E-state index is 6.23. The summed E-state index contributed by atoms with van der Waals surface area (Å²) in [5.41, 5.74) is 1.93. The van der Waals surface area contributed by atoms with Crippen LogP contribution in [0.4, 0.5) is 5.69 Å². The Kier molecular flexibility index (Phi) is 5.99. The molecular weight excluding hydrogens is 401 g/mol. The van der Waals surface area contributed by atoms with Crippen LogP contribution in [0.5, 0.6) is 11.5 Å². The minimum Gasteiger partial charge on any atom is -0.493 e. The Labute approximate surface area is 143 Å². The minimum atomic E-state index is 0.607. The molecule has 0 aromatic heterocycles. The van der Waals surface area contributed by atoms with E-state index in [1.807, 2.05) is 43.3 Å². The van der Waals surface area contributed by atoms with Crippen LogP contribution in [0.2, 0.25) is 5.02 Å². The van der Waals surface area contributed by atoms with Crippen LogP contribution in [0.25, 0.3) is 0 Å². The number of hydrogen-bond donors (Lipinski definition) is 1. The molecule has 3 nitrogen and oxygen atoms in total. The molecule has 0 heterocycles. The third-order valence-electron chi connectivity index (χ3n) is 2.96. The van der Waals surface area contributed by atoms with Gasteiger partial charge in [0.15, 0.2) is 11.5 Å². The first-order chi connectivity index (χ1) is 10.2. The maximum Gasteiger partial charge on any atom is 0.165 e. The summed E-state index contributed by atoms with van der Waals surface area (Å²) in [6.45, 7) is 3.18. The normalized spacial score (nSPS) is 10.3. The SMILES string of the molecule is CCOc1cccc(CNc2ccc(I)cc2Cl)c1OC. The first-order valence-corrected chi connectivity index (χ1v) is 8.09. The average Bonchev–Trinajstić information content (AvgIpc) is 2.47. The highest BCUT2D eigenvalue weighted by molar-refractivity contribution is 14.1. The first kappa shape index (κ1) is 16.2. The van der Waals surface area contributed by atoms with E-state index in [9.17, 15) is 0 Å². The molecule has 0 aliphatic carbocycles. The fraction of sp³-hybridized carbons (Fsp3) is 0.250. The van der Waals surface area contributed by atoms with Gasteiger partial charge >= 0.3 is 0 Å². The molecular formula is C16H17ClINO2. The molecule has 0 radical (unpaired) electrons. The Morgan fingerprint density at radius 2 is 2.05 bits per heavy atom. The number of anilines is 1. The van der Waals surface area contributed by atoms with Crippen molar-refractivity contribution in [3.8, 4) is 11.5 Å². The van der Waals surface area contributed by atoms with Crippen molar-refractivity contribution in [2.45, 2.75) is 13.5 Å². The van der Waals surface area contributed by atoms with Crippen LogP contribution in [-0.4, -0.2) is 13.7 Å². The van der Waals surface area contributed by atoms with E-state index in [0.717, 1.165) is 26.3 Å². The van der Waals surface area contributed by atoms with Crippen molar-refractivity contribution >= 4 is 39.9 Å². The summed E-state index contributed by atoms with van der Waals surface area (Å²) >= 11 is 8.47. The molecule has 21 heavy (non-hydrogen) atoms. The van der Waals surface area contributed by atoms with Gasteiger partial charge in [0.2, 0.25) is 0 Å². The Bertz CT molecular complexity index is 619. The molecule has 0 unspecified atom stereocenters. The molecule has 2 rings (SSSR count). The van der Waals surface area contributed by atoms with Gasteiger partial charge in [-0.3, -0.25) is 0 Å². The van der Waals surface area contributed by atoms with Crippen LogP contribution in [-0.2, 0) is 6.54 Å². The summed E-state index contributed by atoms with van der Waals surface area (Å²) in [7, 11) is 1.65. The summed E-state index contributed by atoms with van der Waals surface area (Å²) in [5, 5.41) is 4.04. The number of rotatable bonds is 6. The van der Waals surface area contributed by atoms with Gasteiger partial charge in [0.1, 0.15) is 0 Å². The van der Waals surface area contributed by atoms with Gasteiger partial charge in [-0.2, -0.15) is 0 Å². The second kappa shape index (κ2) is 7.75. The van der Waals surface area contributed by atoms with Gasteiger partial charge in [-0.15, -0.1) is 0 Å². The van der Waals surface area contributed by atoms with Crippen molar-refractivity contribution < 1.29 is 9.47 Å². The zero-order valence-corrected chi connectivity index (χ0v) is 14.9. The Hall–Kier alpha value is -1.14. The van der Waals surface area contributed by atoms with E-state index in [0.29, 0.717) is 18.2 Å². The topological polar surface area (TPSA) is 30.5 Å². The summed E-state index contributed by atoms with van der Waals surface area (Å²) in [6.07, 6.45) is 0. The quantitative estimate of drug-likeness (QED) is 0.674. The number of halogens is 2. The van der Waals surface area contributed by atoms with Gasteiger partial charge in [0, 0.05) is 15.7 Å². The minimum absolute atomic E-state index is 0.607. The highest BCUT2D eigenvalue weighted by Gasteiger charge is 2.10. The second-order valence-corrected chi connectivity index (χ2v) is 6.01. The van der Waals surface area contributed by atoms with E-state index in [2.05, 4.69) is 27.9 Å². The molecule has 0 aliphatic rings. The monoisotopic (exact) mass is 417 g/mol. The standard InChI is InChI=1S/C16H17ClINO2/c1-3-21-15-6-4-5-11(16(15)20-2)10-19-14-8-7-12(18)9-13(14)17/h4-9,19H,3,10H2,1-2H3. The van der Waals surface area contributed by atoms with E-state index in [1.54, 1.807) is 7.11 Å². The fourth-order valence-electron chi connectivity index (χ4n) is 2.02. The Balaban J connectivity index is 2.17. The van der Waals surface area contributed by atoms with Gasteiger partial charge in [-0.05, 0) is 53.8 Å². The van der Waals surface area contributed by atoms with E-state index < -0.39 is 0 Å². The van der Waals surface area contributed by atoms with E-state index >= 15 is 0 Å². The number of methoxy groups -OCH3 is 1. The van der Waals surface area contributed by atoms with Crippen LogP contribution < -0.4 is 14.8 Å². The average molecular weight is 418 g/mol. The zero-order valence-electron chi connectivity index (χ0n) is 12.0. The van der Waals surface area contributed by atoms with Gasteiger partial charge < -0.3 is 14.8 Å². The van der Waals surface area contributed by atoms with Crippen LogP contribution in [0.15, 0.2) is 36.4 Å². The molecule has 0 atom stereocenters. The molecule has 0 fully saturated rings. The van der Waals surface area contributed by atoms with Crippen LogP contribution >= 0.6 is 34.2 Å². The van der Waals surface area contributed by atoms with Crippen LogP contribution in [0.1, 0.15) is 12.5 Å². The van der Waals surface area contributed by atoms with Crippen LogP contribution in [0.3, 0.4) is 0 Å².